The van der Waals surface area contributed by atoms with Gasteiger partial charge in [0.1, 0.15) is 0 Å². The molecule has 0 spiro atoms. The number of nitrogens with zero attached hydrogens (tertiary/aromatic N) is 1. The summed E-state index contributed by atoms with van der Waals surface area (Å²) < 4.78 is 0. The number of allylic oxidation sites excluding steroid dienone is 7. The highest BCUT2D eigenvalue weighted by Crippen LogP contribution is 2.50. The summed E-state index contributed by atoms with van der Waals surface area (Å²) in [5.74, 6) is 1.60. The zero-order chi connectivity index (χ0) is 14.7. The number of rotatable bonds is 0. The zero-order valence-corrected chi connectivity index (χ0v) is 13.3. The normalized spacial score (nSPS) is 35.6. The molecule has 0 amide bonds. The van der Waals surface area contributed by atoms with Crippen LogP contribution in [0.2, 0.25) is 0 Å². The highest BCUT2D eigenvalue weighted by Gasteiger charge is 2.41. The van der Waals surface area contributed by atoms with Gasteiger partial charge in [0.25, 0.3) is 0 Å². The predicted octanol–water partition coefficient (Wildman–Crippen LogP) is 4.37. The summed E-state index contributed by atoms with van der Waals surface area (Å²) in [4.78, 5) is 2.54. The molecule has 0 aromatic rings. The maximum atomic E-state index is 3.63. The van der Waals surface area contributed by atoms with Crippen LogP contribution >= 0.6 is 0 Å². The van der Waals surface area contributed by atoms with Crippen molar-refractivity contribution in [1.82, 2.24) is 10.2 Å². The molecule has 2 heterocycles. The highest BCUT2D eigenvalue weighted by atomic mass is 15.2. The van der Waals surface area contributed by atoms with E-state index in [4.69, 9.17) is 0 Å². The lowest BCUT2D eigenvalue weighted by atomic mass is 9.67. The van der Waals surface area contributed by atoms with Crippen molar-refractivity contribution in [3.8, 4) is 0 Å². The maximum absolute atomic E-state index is 3.63. The van der Waals surface area contributed by atoms with Crippen molar-refractivity contribution in [2.45, 2.75) is 51.5 Å². The van der Waals surface area contributed by atoms with E-state index in [1.807, 2.05) is 0 Å². The lowest BCUT2D eigenvalue weighted by Crippen LogP contribution is -2.44. The van der Waals surface area contributed by atoms with Crippen LogP contribution in [-0.4, -0.2) is 10.9 Å². The van der Waals surface area contributed by atoms with Crippen LogP contribution in [0.25, 0.3) is 0 Å². The molecule has 2 heteroatoms. The molecule has 22 heavy (non-hydrogen) atoms. The Morgan fingerprint density at radius 3 is 3.09 bits per heavy atom. The van der Waals surface area contributed by atoms with Gasteiger partial charge in [0.15, 0.2) is 0 Å². The van der Waals surface area contributed by atoms with Gasteiger partial charge in [0, 0.05) is 23.8 Å². The van der Waals surface area contributed by atoms with E-state index in [9.17, 15) is 0 Å². The smallest absolute Gasteiger partial charge is 0.0667 e. The molecule has 5 aliphatic rings. The second-order valence-corrected chi connectivity index (χ2v) is 7.42. The molecule has 114 valence electrons. The molecule has 1 saturated carbocycles. The molecule has 3 aliphatic carbocycles. The molecule has 1 unspecified atom stereocenters. The number of fused-ring (bicyclic) bond motifs is 1. The van der Waals surface area contributed by atoms with Gasteiger partial charge in [-0.2, -0.15) is 0 Å². The summed E-state index contributed by atoms with van der Waals surface area (Å²) in [6.07, 6.45) is 19.2. The Hall–Kier alpha value is -1.70. The SMILES string of the molecule is C[C@H]1CCC2=CC3=C(CCC=C3)N3C=CNC4CC[C@@H]1C2=C43. The summed E-state index contributed by atoms with van der Waals surface area (Å²) >= 11 is 0. The minimum atomic E-state index is 0.516. The third-order valence-corrected chi connectivity index (χ3v) is 6.22. The second kappa shape index (κ2) is 4.65. The van der Waals surface area contributed by atoms with Crippen LogP contribution in [0.5, 0.6) is 0 Å². The minimum Gasteiger partial charge on any atom is -0.381 e. The average molecular weight is 292 g/mol. The number of hydrogen-bond acceptors (Lipinski definition) is 2. The number of hydrogen-bond donors (Lipinski definition) is 1. The molecule has 2 aliphatic heterocycles. The summed E-state index contributed by atoms with van der Waals surface area (Å²) in [5.41, 5.74) is 7.87. The molecule has 0 radical (unpaired) electrons. The van der Waals surface area contributed by atoms with Gasteiger partial charge in [-0.15, -0.1) is 0 Å². The molecule has 1 N–H and O–H groups in total. The van der Waals surface area contributed by atoms with E-state index in [1.165, 1.54) is 49.8 Å². The van der Waals surface area contributed by atoms with Gasteiger partial charge >= 0.3 is 0 Å². The Morgan fingerprint density at radius 2 is 2.14 bits per heavy atom. The van der Waals surface area contributed by atoms with Gasteiger partial charge in [-0.25, -0.2) is 0 Å². The van der Waals surface area contributed by atoms with Gasteiger partial charge in [-0.1, -0.05) is 19.1 Å². The average Bonchev–Trinajstić information content (AvgIpc) is 2.70. The Kier molecular flexibility index (Phi) is 2.70. The fraction of sp³-hybridized carbons (Fsp3) is 0.500. The monoisotopic (exact) mass is 292 g/mol. The first kappa shape index (κ1) is 12.8. The summed E-state index contributed by atoms with van der Waals surface area (Å²) in [7, 11) is 0. The van der Waals surface area contributed by atoms with E-state index in [1.54, 1.807) is 16.8 Å². The predicted molar refractivity (Wildman–Crippen MR) is 89.5 cm³/mol. The van der Waals surface area contributed by atoms with Crippen molar-refractivity contribution in [1.29, 1.82) is 0 Å². The van der Waals surface area contributed by atoms with Crippen molar-refractivity contribution in [3.63, 3.8) is 0 Å². The summed E-state index contributed by atoms with van der Waals surface area (Å²) in [5, 5.41) is 3.63. The van der Waals surface area contributed by atoms with Gasteiger partial charge in [-0.3, -0.25) is 0 Å². The van der Waals surface area contributed by atoms with E-state index < -0.39 is 0 Å². The van der Waals surface area contributed by atoms with Gasteiger partial charge in [-0.05, 0) is 73.2 Å². The molecule has 0 saturated heterocycles. The van der Waals surface area contributed by atoms with Gasteiger partial charge in [0.05, 0.1) is 6.04 Å². The summed E-state index contributed by atoms with van der Waals surface area (Å²) in [6.45, 7) is 2.46. The van der Waals surface area contributed by atoms with Crippen molar-refractivity contribution in [3.05, 3.63) is 58.7 Å². The highest BCUT2D eigenvalue weighted by molar-refractivity contribution is 5.55. The van der Waals surface area contributed by atoms with Crippen LogP contribution in [0, 0.1) is 11.8 Å². The topological polar surface area (TPSA) is 15.3 Å². The molecule has 0 bridgehead atoms. The van der Waals surface area contributed by atoms with Crippen LogP contribution in [0.15, 0.2) is 58.7 Å². The first-order valence-corrected chi connectivity index (χ1v) is 8.89. The van der Waals surface area contributed by atoms with Gasteiger partial charge < -0.3 is 10.2 Å². The molecular formula is C20H24N2. The molecular weight excluding hydrogens is 268 g/mol. The largest absolute Gasteiger partial charge is 0.381 e. The van der Waals surface area contributed by atoms with E-state index in [-0.39, 0.29) is 0 Å². The lowest BCUT2D eigenvalue weighted by molar-refractivity contribution is 0.277. The summed E-state index contributed by atoms with van der Waals surface area (Å²) in [6, 6.07) is 0.516. The van der Waals surface area contributed by atoms with Crippen molar-refractivity contribution >= 4 is 0 Å². The molecule has 1 fully saturated rings. The first-order chi connectivity index (χ1) is 10.8. The van der Waals surface area contributed by atoms with E-state index in [0.717, 1.165) is 11.8 Å². The van der Waals surface area contributed by atoms with Crippen LogP contribution in [0.4, 0.5) is 0 Å². The number of nitrogens with one attached hydrogen (secondary N) is 1. The van der Waals surface area contributed by atoms with Gasteiger partial charge in [0.2, 0.25) is 0 Å². The van der Waals surface area contributed by atoms with Crippen molar-refractivity contribution in [2.75, 3.05) is 0 Å². The minimum absolute atomic E-state index is 0.516. The molecule has 0 aromatic heterocycles. The Balaban J connectivity index is 1.77. The molecule has 0 aromatic carbocycles. The fourth-order valence-electron chi connectivity index (χ4n) is 5.10. The maximum Gasteiger partial charge on any atom is 0.0667 e. The van der Waals surface area contributed by atoms with E-state index >= 15 is 0 Å². The molecule has 2 nitrogen and oxygen atoms in total. The second-order valence-electron chi connectivity index (χ2n) is 7.42. The van der Waals surface area contributed by atoms with Crippen LogP contribution in [-0.2, 0) is 0 Å². The molecule has 3 atom stereocenters. The standard InChI is InChI=1S/C20H24N2/c1-13-6-7-15-12-14-4-2-3-5-18(14)22-11-10-21-17-9-8-16(13)19(15)20(17)22/h2,4,10-13,16-17,21H,3,5-9H2,1H3/t13-,16-,17?/m0/s1. The van der Waals surface area contributed by atoms with Crippen molar-refractivity contribution in [2.24, 2.45) is 11.8 Å². The Labute approximate surface area is 133 Å². The lowest BCUT2D eigenvalue weighted by Gasteiger charge is -2.45. The first-order valence-electron chi connectivity index (χ1n) is 8.89. The third-order valence-electron chi connectivity index (χ3n) is 6.22. The third kappa shape index (κ3) is 1.67. The Bertz CT molecular complexity index is 674. The zero-order valence-electron chi connectivity index (χ0n) is 13.3. The van der Waals surface area contributed by atoms with E-state index in [0.29, 0.717) is 6.04 Å². The fourth-order valence-corrected chi connectivity index (χ4v) is 5.10. The Morgan fingerprint density at radius 1 is 1.18 bits per heavy atom. The van der Waals surface area contributed by atoms with Crippen LogP contribution in [0.1, 0.15) is 45.4 Å². The van der Waals surface area contributed by atoms with Crippen molar-refractivity contribution < 1.29 is 0 Å². The molecule has 5 rings (SSSR count). The van der Waals surface area contributed by atoms with E-state index in [2.05, 4.69) is 47.8 Å². The van der Waals surface area contributed by atoms with Crippen LogP contribution in [0.3, 0.4) is 0 Å². The van der Waals surface area contributed by atoms with Crippen LogP contribution < -0.4 is 5.32 Å². The quantitative estimate of drug-likeness (QED) is 0.713.